The first kappa shape index (κ1) is 11.9. The molecule has 1 rings (SSSR count). The van der Waals surface area contributed by atoms with Crippen LogP contribution in [0.15, 0.2) is 30.3 Å². The van der Waals surface area contributed by atoms with Gasteiger partial charge in [-0.25, -0.2) is 0 Å². The van der Waals surface area contributed by atoms with Crippen LogP contribution in [0.5, 0.6) is 0 Å². The third-order valence-electron chi connectivity index (χ3n) is 2.24. The van der Waals surface area contributed by atoms with Gasteiger partial charge in [-0.15, -0.1) is 0 Å². The van der Waals surface area contributed by atoms with Crippen LogP contribution in [-0.4, -0.2) is 13.5 Å². The molecule has 0 saturated heterocycles. The Kier molecular flexibility index (Phi) is 3.64. The Balaban J connectivity index is 2.74. The fourth-order valence-electron chi connectivity index (χ4n) is 1.10. The van der Waals surface area contributed by atoms with E-state index in [0.29, 0.717) is 5.41 Å². The van der Waals surface area contributed by atoms with Crippen molar-refractivity contribution in [1.82, 2.24) is 0 Å². The number of carbonyl (C=O) groups excluding carboxylic acids is 1. The van der Waals surface area contributed by atoms with Gasteiger partial charge < -0.3 is 4.79 Å². The molecule has 0 saturated carbocycles. The van der Waals surface area contributed by atoms with E-state index in [1.165, 1.54) is 5.56 Å². The molecular formula is C13H18OSi. The van der Waals surface area contributed by atoms with Crippen LogP contribution in [0.2, 0.25) is 19.6 Å². The van der Waals surface area contributed by atoms with E-state index < -0.39 is 8.07 Å². The van der Waals surface area contributed by atoms with Gasteiger partial charge in [0, 0.05) is 0 Å². The van der Waals surface area contributed by atoms with E-state index >= 15 is 0 Å². The molecule has 0 aliphatic rings. The van der Waals surface area contributed by atoms with Crippen molar-refractivity contribution < 1.29 is 4.79 Å². The number of rotatable bonds is 3. The van der Waals surface area contributed by atoms with Gasteiger partial charge in [0.1, 0.15) is 13.5 Å². The number of allylic oxidation sites excluding steroid dienone is 1. The van der Waals surface area contributed by atoms with Crippen LogP contribution in [0.4, 0.5) is 0 Å². The van der Waals surface area contributed by atoms with Crippen LogP contribution in [-0.2, 0) is 4.79 Å². The van der Waals surface area contributed by atoms with Crippen molar-refractivity contribution in [3.05, 3.63) is 41.5 Å². The predicted molar refractivity (Wildman–Crippen MR) is 68.6 cm³/mol. The van der Waals surface area contributed by atoms with Crippen LogP contribution < -0.4 is 0 Å². The first-order valence-electron chi connectivity index (χ1n) is 5.19. The summed E-state index contributed by atoms with van der Waals surface area (Å²) >= 11 is 0. The summed E-state index contributed by atoms with van der Waals surface area (Å²) in [5, 5.41) is 0.295. The van der Waals surface area contributed by atoms with E-state index in [9.17, 15) is 4.79 Å². The molecule has 0 radical (unpaired) electrons. The van der Waals surface area contributed by atoms with Crippen molar-refractivity contribution in [2.75, 3.05) is 0 Å². The SMILES string of the molecule is Cc1ccc(/C=C/C(=O)[Si](C)(C)C)cc1. The van der Waals surface area contributed by atoms with Gasteiger partial charge in [-0.3, -0.25) is 0 Å². The normalized spacial score (nSPS) is 12.0. The van der Waals surface area contributed by atoms with Gasteiger partial charge in [-0.2, -0.15) is 0 Å². The van der Waals surface area contributed by atoms with Gasteiger partial charge >= 0.3 is 0 Å². The molecule has 0 amide bonds. The molecule has 0 aliphatic heterocycles. The Bertz CT molecular complexity index is 369. The largest absolute Gasteiger partial charge is 0.301 e. The monoisotopic (exact) mass is 218 g/mol. The highest BCUT2D eigenvalue weighted by Gasteiger charge is 2.20. The van der Waals surface area contributed by atoms with Crippen molar-refractivity contribution in [2.24, 2.45) is 0 Å². The average molecular weight is 218 g/mol. The van der Waals surface area contributed by atoms with Crippen LogP contribution in [0.3, 0.4) is 0 Å². The zero-order valence-corrected chi connectivity index (χ0v) is 10.9. The summed E-state index contributed by atoms with van der Waals surface area (Å²) in [6.07, 6.45) is 3.62. The van der Waals surface area contributed by atoms with Crippen LogP contribution in [0.1, 0.15) is 11.1 Å². The smallest absolute Gasteiger partial charge is 0.132 e. The average Bonchev–Trinajstić information content (AvgIpc) is 2.15. The molecule has 80 valence electrons. The summed E-state index contributed by atoms with van der Waals surface area (Å²) < 4.78 is 0. The van der Waals surface area contributed by atoms with Crippen molar-refractivity contribution in [3.8, 4) is 0 Å². The molecule has 0 unspecified atom stereocenters. The highest BCUT2D eigenvalue weighted by molar-refractivity contribution is 7.05. The standard InChI is InChI=1S/C13H18OSi/c1-11-5-7-12(8-6-11)9-10-13(14)15(2,3)4/h5-10H,1-4H3/b10-9+. The first-order chi connectivity index (χ1) is 6.89. The Morgan fingerprint density at radius 3 is 2.13 bits per heavy atom. The Morgan fingerprint density at radius 2 is 1.67 bits per heavy atom. The molecule has 15 heavy (non-hydrogen) atoms. The summed E-state index contributed by atoms with van der Waals surface area (Å²) in [5.41, 5.74) is 2.33. The quantitative estimate of drug-likeness (QED) is 0.561. The van der Waals surface area contributed by atoms with Gasteiger partial charge in [-0.1, -0.05) is 55.5 Å². The summed E-state index contributed by atoms with van der Waals surface area (Å²) in [6, 6.07) is 8.17. The van der Waals surface area contributed by atoms with Crippen molar-refractivity contribution in [1.29, 1.82) is 0 Å². The van der Waals surface area contributed by atoms with Crippen molar-refractivity contribution >= 4 is 19.6 Å². The number of hydrogen-bond donors (Lipinski definition) is 0. The maximum absolute atomic E-state index is 11.7. The van der Waals surface area contributed by atoms with Crippen molar-refractivity contribution in [2.45, 2.75) is 26.6 Å². The minimum atomic E-state index is -1.65. The molecule has 0 spiro atoms. The third-order valence-corrected chi connectivity index (χ3v) is 3.89. The lowest BCUT2D eigenvalue weighted by atomic mass is 10.1. The molecule has 0 N–H and O–H groups in total. The fourth-order valence-corrected chi connectivity index (χ4v) is 1.68. The maximum atomic E-state index is 11.7. The van der Waals surface area contributed by atoms with Gasteiger partial charge in [0.2, 0.25) is 0 Å². The van der Waals surface area contributed by atoms with Gasteiger partial charge in [0.25, 0.3) is 0 Å². The predicted octanol–water partition coefficient (Wildman–Crippen LogP) is 3.45. The second kappa shape index (κ2) is 4.58. The highest BCUT2D eigenvalue weighted by Crippen LogP contribution is 2.08. The van der Waals surface area contributed by atoms with Crippen molar-refractivity contribution in [3.63, 3.8) is 0 Å². The third kappa shape index (κ3) is 3.84. The molecule has 0 fully saturated rings. The van der Waals surface area contributed by atoms with E-state index in [-0.39, 0.29) is 0 Å². The van der Waals surface area contributed by atoms with Crippen LogP contribution in [0.25, 0.3) is 6.08 Å². The van der Waals surface area contributed by atoms with E-state index in [2.05, 4.69) is 38.7 Å². The summed E-state index contributed by atoms with van der Waals surface area (Å²) in [6.45, 7) is 8.25. The number of hydrogen-bond acceptors (Lipinski definition) is 1. The summed E-state index contributed by atoms with van der Waals surface area (Å²) in [7, 11) is -1.65. The van der Waals surface area contributed by atoms with Gasteiger partial charge in [0.05, 0.1) is 0 Å². The van der Waals surface area contributed by atoms with E-state index in [1.807, 2.05) is 18.2 Å². The molecule has 0 aromatic heterocycles. The van der Waals surface area contributed by atoms with Gasteiger partial charge in [-0.05, 0) is 18.6 Å². The van der Waals surface area contributed by atoms with Crippen LogP contribution in [0, 0.1) is 6.92 Å². The number of carbonyl (C=O) groups is 1. The minimum Gasteiger partial charge on any atom is -0.301 e. The number of benzene rings is 1. The lowest BCUT2D eigenvalue weighted by Gasteiger charge is -2.09. The molecule has 0 atom stereocenters. The highest BCUT2D eigenvalue weighted by atomic mass is 28.3. The first-order valence-corrected chi connectivity index (χ1v) is 8.69. The second-order valence-corrected chi connectivity index (χ2v) is 9.85. The fraction of sp³-hybridized carbons (Fsp3) is 0.308. The van der Waals surface area contributed by atoms with Crippen LogP contribution >= 0.6 is 0 Å². The topological polar surface area (TPSA) is 17.1 Å². The zero-order chi connectivity index (χ0) is 11.5. The summed E-state index contributed by atoms with van der Waals surface area (Å²) in [5.74, 6) is 0. The molecular weight excluding hydrogens is 200 g/mol. The molecule has 1 aromatic carbocycles. The lowest BCUT2D eigenvalue weighted by molar-refractivity contribution is -0.108. The number of aryl methyl sites for hydroxylation is 1. The second-order valence-electron chi connectivity index (χ2n) is 4.86. The molecule has 1 aromatic rings. The Morgan fingerprint density at radius 1 is 1.13 bits per heavy atom. The minimum absolute atomic E-state index is 0.295. The molecule has 0 bridgehead atoms. The molecule has 0 aliphatic carbocycles. The lowest BCUT2D eigenvalue weighted by Crippen LogP contribution is -2.31. The molecule has 0 heterocycles. The zero-order valence-electron chi connectivity index (χ0n) is 9.87. The summed E-state index contributed by atoms with van der Waals surface area (Å²) in [4.78, 5) is 11.7. The molecule has 2 heteroatoms. The van der Waals surface area contributed by atoms with E-state index in [4.69, 9.17) is 0 Å². The Labute approximate surface area is 92.8 Å². The maximum Gasteiger partial charge on any atom is 0.132 e. The van der Waals surface area contributed by atoms with E-state index in [1.54, 1.807) is 6.08 Å². The molecule has 1 nitrogen and oxygen atoms in total. The Hall–Kier alpha value is -1.15. The van der Waals surface area contributed by atoms with E-state index in [0.717, 1.165) is 5.56 Å². The van der Waals surface area contributed by atoms with Gasteiger partial charge in [0.15, 0.2) is 0 Å².